The lowest BCUT2D eigenvalue weighted by atomic mass is 10.1. The van der Waals surface area contributed by atoms with Crippen LogP contribution in [0.5, 0.6) is 0 Å². The van der Waals surface area contributed by atoms with Crippen molar-refractivity contribution >= 4 is 21.7 Å². The van der Waals surface area contributed by atoms with Crippen molar-refractivity contribution < 1.29 is 4.79 Å². The largest absolute Gasteiger partial charge is 0.287 e. The molecule has 0 N–H and O–H groups in total. The van der Waals surface area contributed by atoms with Gasteiger partial charge in [0.15, 0.2) is 4.60 Å². The molecule has 2 heterocycles. The van der Waals surface area contributed by atoms with E-state index in [0.29, 0.717) is 33.7 Å². The molecule has 0 radical (unpaired) electrons. The first kappa shape index (κ1) is 12.8. The maximum absolute atomic E-state index is 12.5. The van der Waals surface area contributed by atoms with Crippen LogP contribution in [0.25, 0.3) is 0 Å². The van der Waals surface area contributed by atoms with E-state index in [1.54, 1.807) is 20.0 Å². The first-order valence-electron chi connectivity index (χ1n) is 5.47. The predicted molar refractivity (Wildman–Crippen MR) is 68.3 cm³/mol. The van der Waals surface area contributed by atoms with Gasteiger partial charge in [-0.05, 0) is 35.3 Å². The Hall–Kier alpha value is -1.63. The summed E-state index contributed by atoms with van der Waals surface area (Å²) in [6.07, 6.45) is 0.650. The lowest BCUT2D eigenvalue weighted by Gasteiger charge is -2.06. The summed E-state index contributed by atoms with van der Waals surface area (Å²) in [7, 11) is 1.68. The van der Waals surface area contributed by atoms with Gasteiger partial charge in [-0.1, -0.05) is 12.1 Å². The summed E-state index contributed by atoms with van der Waals surface area (Å²) in [5, 5.41) is 15.6. The van der Waals surface area contributed by atoms with E-state index < -0.39 is 0 Å². The summed E-state index contributed by atoms with van der Waals surface area (Å²) in [4.78, 5) is 12.5. The third kappa shape index (κ3) is 2.17. The van der Waals surface area contributed by atoms with Crippen LogP contribution in [0, 0.1) is 6.92 Å². The Morgan fingerprint density at radius 3 is 2.67 bits per heavy atom. The van der Waals surface area contributed by atoms with Gasteiger partial charge in [-0.2, -0.15) is 10.2 Å². The molecule has 0 aliphatic carbocycles. The van der Waals surface area contributed by atoms with E-state index in [0.717, 1.165) is 0 Å². The Morgan fingerprint density at radius 1 is 1.39 bits per heavy atom. The van der Waals surface area contributed by atoms with Crippen LogP contribution in [0.4, 0.5) is 0 Å². The molecule has 0 bridgehead atoms. The third-order valence-electron chi connectivity index (χ3n) is 2.57. The van der Waals surface area contributed by atoms with Gasteiger partial charge in [0.2, 0.25) is 5.78 Å². The van der Waals surface area contributed by atoms with Crippen LogP contribution in [0.2, 0.25) is 0 Å². The van der Waals surface area contributed by atoms with E-state index in [9.17, 15) is 4.79 Å². The summed E-state index contributed by atoms with van der Waals surface area (Å²) in [5.41, 5.74) is 2.36. The summed E-state index contributed by atoms with van der Waals surface area (Å²) >= 11 is 3.23. The first-order valence-corrected chi connectivity index (χ1v) is 6.27. The van der Waals surface area contributed by atoms with Gasteiger partial charge in [0.25, 0.3) is 0 Å². The average Bonchev–Trinajstić information content (AvgIpc) is 2.68. The highest BCUT2D eigenvalue weighted by Crippen LogP contribution is 2.19. The smallest absolute Gasteiger partial charge is 0.215 e. The number of carbonyl (C=O) groups excluding carboxylic acids is 1. The van der Waals surface area contributed by atoms with Gasteiger partial charge >= 0.3 is 0 Å². The van der Waals surface area contributed by atoms with E-state index in [1.165, 1.54) is 4.68 Å². The van der Waals surface area contributed by atoms with Gasteiger partial charge < -0.3 is 0 Å². The number of hydrogen-bond donors (Lipinski definition) is 0. The Kier molecular flexibility index (Phi) is 3.51. The predicted octanol–water partition coefficient (Wildman–Crippen LogP) is 1.47. The molecule has 0 unspecified atom stereocenters. The number of halogens is 1. The molecule has 0 atom stereocenters. The van der Waals surface area contributed by atoms with Crippen LogP contribution in [-0.2, 0) is 13.5 Å². The zero-order chi connectivity index (χ0) is 13.3. The van der Waals surface area contributed by atoms with Crippen LogP contribution in [0.3, 0.4) is 0 Å². The molecule has 18 heavy (non-hydrogen) atoms. The zero-order valence-electron chi connectivity index (χ0n) is 10.3. The SMILES string of the molecule is CCc1nnc(C)cc1C(=O)c1c(Br)nnn1C. The standard InChI is InChI=1S/C11H12BrN5O/c1-4-8-7(5-6(2)13-14-8)10(18)9-11(12)15-16-17(9)3/h5H,4H2,1-3H3. The second-order valence-electron chi connectivity index (χ2n) is 3.88. The van der Waals surface area contributed by atoms with Crippen LogP contribution >= 0.6 is 15.9 Å². The first-order chi connectivity index (χ1) is 8.54. The van der Waals surface area contributed by atoms with E-state index in [4.69, 9.17) is 0 Å². The summed E-state index contributed by atoms with van der Waals surface area (Å²) in [5.74, 6) is -0.149. The molecule has 7 heteroatoms. The summed E-state index contributed by atoms with van der Waals surface area (Å²) in [6.45, 7) is 3.74. The van der Waals surface area contributed by atoms with Gasteiger partial charge in [-0.3, -0.25) is 4.79 Å². The van der Waals surface area contributed by atoms with Crippen molar-refractivity contribution in [3.8, 4) is 0 Å². The van der Waals surface area contributed by atoms with Gasteiger partial charge in [0.05, 0.1) is 11.4 Å². The normalized spacial score (nSPS) is 10.7. The van der Waals surface area contributed by atoms with E-state index in [-0.39, 0.29) is 5.78 Å². The minimum atomic E-state index is -0.149. The fraction of sp³-hybridized carbons (Fsp3) is 0.364. The monoisotopic (exact) mass is 309 g/mol. The Balaban J connectivity index is 2.55. The third-order valence-corrected chi connectivity index (χ3v) is 3.11. The quantitative estimate of drug-likeness (QED) is 0.803. The van der Waals surface area contributed by atoms with Crippen molar-refractivity contribution in [2.24, 2.45) is 7.05 Å². The minimum Gasteiger partial charge on any atom is -0.287 e. The molecule has 6 nitrogen and oxygen atoms in total. The second-order valence-corrected chi connectivity index (χ2v) is 4.63. The summed E-state index contributed by atoms with van der Waals surface area (Å²) < 4.78 is 1.88. The number of hydrogen-bond acceptors (Lipinski definition) is 5. The van der Waals surface area contributed by atoms with Crippen molar-refractivity contribution in [3.05, 3.63) is 33.3 Å². The van der Waals surface area contributed by atoms with Crippen molar-refractivity contribution in [1.82, 2.24) is 25.2 Å². The number of aryl methyl sites for hydroxylation is 3. The molecule has 0 aromatic carbocycles. The number of nitrogens with zero attached hydrogens (tertiary/aromatic N) is 5. The van der Waals surface area contributed by atoms with Gasteiger partial charge in [0.1, 0.15) is 5.69 Å². The molecule has 94 valence electrons. The number of carbonyl (C=O) groups is 1. The van der Waals surface area contributed by atoms with E-state index in [2.05, 4.69) is 36.4 Å². The molecule has 2 aromatic heterocycles. The van der Waals surface area contributed by atoms with Crippen molar-refractivity contribution in [2.45, 2.75) is 20.3 Å². The van der Waals surface area contributed by atoms with Gasteiger partial charge in [-0.15, -0.1) is 5.10 Å². The zero-order valence-corrected chi connectivity index (χ0v) is 11.9. The molecular weight excluding hydrogens is 298 g/mol. The average molecular weight is 310 g/mol. The maximum Gasteiger partial charge on any atom is 0.215 e. The molecule has 0 spiro atoms. The van der Waals surface area contributed by atoms with E-state index >= 15 is 0 Å². The lowest BCUT2D eigenvalue weighted by molar-refractivity contribution is 0.102. The highest BCUT2D eigenvalue weighted by molar-refractivity contribution is 9.10. The minimum absolute atomic E-state index is 0.149. The van der Waals surface area contributed by atoms with Crippen LogP contribution in [-0.4, -0.2) is 31.0 Å². The van der Waals surface area contributed by atoms with Crippen LogP contribution in [0.1, 0.15) is 34.4 Å². The fourth-order valence-electron chi connectivity index (χ4n) is 1.67. The summed E-state index contributed by atoms with van der Waals surface area (Å²) in [6, 6.07) is 1.74. The van der Waals surface area contributed by atoms with Crippen molar-refractivity contribution in [1.29, 1.82) is 0 Å². The van der Waals surface area contributed by atoms with Crippen LogP contribution in [0.15, 0.2) is 10.7 Å². The molecule has 0 amide bonds. The molecular formula is C11H12BrN5O. The molecule has 0 saturated heterocycles. The molecule has 0 saturated carbocycles. The van der Waals surface area contributed by atoms with E-state index in [1.807, 2.05) is 6.92 Å². The highest BCUT2D eigenvalue weighted by atomic mass is 79.9. The lowest BCUT2D eigenvalue weighted by Crippen LogP contribution is -2.13. The Labute approximate surface area is 113 Å². The molecule has 0 fully saturated rings. The number of rotatable bonds is 3. The molecule has 2 aromatic rings. The number of ketones is 1. The topological polar surface area (TPSA) is 73.6 Å². The van der Waals surface area contributed by atoms with Gasteiger partial charge in [-0.25, -0.2) is 4.68 Å². The number of aromatic nitrogens is 5. The highest BCUT2D eigenvalue weighted by Gasteiger charge is 2.22. The Morgan fingerprint density at radius 2 is 2.11 bits per heavy atom. The molecule has 0 aliphatic rings. The van der Waals surface area contributed by atoms with Crippen LogP contribution < -0.4 is 0 Å². The van der Waals surface area contributed by atoms with Crippen molar-refractivity contribution in [2.75, 3.05) is 0 Å². The maximum atomic E-state index is 12.5. The fourth-order valence-corrected chi connectivity index (χ4v) is 2.18. The second kappa shape index (κ2) is 4.93. The van der Waals surface area contributed by atoms with Crippen molar-refractivity contribution in [3.63, 3.8) is 0 Å². The molecule has 2 rings (SSSR count). The Bertz CT molecular complexity index is 588. The molecule has 0 aliphatic heterocycles. The van der Waals surface area contributed by atoms with Gasteiger partial charge in [0, 0.05) is 12.6 Å².